The molecule has 4 rings (SSSR count). The van der Waals surface area contributed by atoms with Crippen LogP contribution in [0.2, 0.25) is 0 Å². The molecule has 4 aromatic rings. The second kappa shape index (κ2) is 10.4. The number of rotatable bonds is 10. The van der Waals surface area contributed by atoms with E-state index in [2.05, 4.69) is 22.4 Å². The highest BCUT2D eigenvalue weighted by Crippen LogP contribution is 2.27. The molecule has 0 spiro atoms. The molecule has 0 N–H and O–H groups in total. The van der Waals surface area contributed by atoms with Gasteiger partial charge >= 0.3 is 5.69 Å². The molecule has 34 heavy (non-hydrogen) atoms. The average Bonchev–Trinajstić information content (AvgIpc) is 3.50. The highest BCUT2D eigenvalue weighted by Gasteiger charge is 2.22. The summed E-state index contributed by atoms with van der Waals surface area (Å²) < 4.78 is 5.08. The minimum Gasteiger partial charge on any atom is -0.296 e. The number of aromatic nitrogens is 6. The summed E-state index contributed by atoms with van der Waals surface area (Å²) in [5.74, 6) is 0. The van der Waals surface area contributed by atoms with E-state index in [4.69, 9.17) is 0 Å². The summed E-state index contributed by atoms with van der Waals surface area (Å²) in [6.07, 6.45) is 5.83. The Labute approximate surface area is 198 Å². The molecule has 0 bridgehead atoms. The van der Waals surface area contributed by atoms with E-state index in [0.29, 0.717) is 18.7 Å². The number of nitrogens with zero attached hydrogens (tertiary/aromatic N) is 6. The molecule has 0 amide bonds. The molecule has 0 aliphatic rings. The summed E-state index contributed by atoms with van der Waals surface area (Å²) >= 11 is 0. The monoisotopic (exact) mass is 458 g/mol. The van der Waals surface area contributed by atoms with E-state index in [9.17, 15) is 9.59 Å². The molecule has 2 aromatic heterocycles. The molecule has 0 aliphatic heterocycles. The number of imidazole rings is 1. The lowest BCUT2D eigenvalue weighted by Gasteiger charge is -2.11. The van der Waals surface area contributed by atoms with Gasteiger partial charge < -0.3 is 0 Å². The Bertz CT molecular complexity index is 1300. The van der Waals surface area contributed by atoms with Crippen LogP contribution < -0.4 is 5.69 Å². The third-order valence-electron chi connectivity index (χ3n) is 6.33. The lowest BCUT2D eigenvalue weighted by atomic mass is 10.0. The van der Waals surface area contributed by atoms with Crippen LogP contribution in [0.3, 0.4) is 0 Å². The van der Waals surface area contributed by atoms with Crippen molar-refractivity contribution in [3.05, 3.63) is 82.3 Å². The van der Waals surface area contributed by atoms with Crippen molar-refractivity contribution in [3.63, 3.8) is 0 Å². The summed E-state index contributed by atoms with van der Waals surface area (Å²) in [5, 5.41) is 11.5. The average molecular weight is 459 g/mol. The van der Waals surface area contributed by atoms with E-state index in [1.807, 2.05) is 62.4 Å². The van der Waals surface area contributed by atoms with Crippen molar-refractivity contribution in [3.8, 4) is 16.8 Å². The number of hydrogen-bond acceptors (Lipinski definition) is 5. The van der Waals surface area contributed by atoms with E-state index in [1.165, 1.54) is 0 Å². The van der Waals surface area contributed by atoms with Gasteiger partial charge in [0, 0.05) is 11.6 Å². The first-order valence-corrected chi connectivity index (χ1v) is 11.8. The Balaban J connectivity index is 1.69. The molecule has 1 atom stereocenters. The maximum Gasteiger partial charge on any atom is 0.329 e. The van der Waals surface area contributed by atoms with Crippen LogP contribution in [0.4, 0.5) is 0 Å². The predicted molar refractivity (Wildman–Crippen MR) is 131 cm³/mol. The molecular weight excluding hydrogens is 428 g/mol. The van der Waals surface area contributed by atoms with Crippen LogP contribution in [-0.2, 0) is 13.0 Å². The van der Waals surface area contributed by atoms with Gasteiger partial charge in [0.15, 0.2) is 6.29 Å². The molecule has 1 unspecified atom stereocenters. The van der Waals surface area contributed by atoms with Crippen molar-refractivity contribution in [1.82, 2.24) is 29.3 Å². The van der Waals surface area contributed by atoms with Crippen LogP contribution in [0.5, 0.6) is 0 Å². The Morgan fingerprint density at radius 2 is 1.82 bits per heavy atom. The van der Waals surface area contributed by atoms with E-state index in [0.717, 1.165) is 53.6 Å². The number of benzene rings is 2. The zero-order valence-electron chi connectivity index (χ0n) is 19.9. The first kappa shape index (κ1) is 23.4. The van der Waals surface area contributed by atoms with Gasteiger partial charge in [-0.25, -0.2) is 4.79 Å². The van der Waals surface area contributed by atoms with Crippen LogP contribution in [0, 0.1) is 0 Å². The van der Waals surface area contributed by atoms with Crippen molar-refractivity contribution < 1.29 is 4.79 Å². The van der Waals surface area contributed by atoms with Crippen molar-refractivity contribution in [2.24, 2.45) is 0 Å². The predicted octanol–water partition coefficient (Wildman–Crippen LogP) is 4.47. The number of unbranched alkanes of at least 4 members (excludes halogenated alkanes) is 1. The number of aldehydes is 1. The molecule has 2 aromatic carbocycles. The maximum atomic E-state index is 13.3. The summed E-state index contributed by atoms with van der Waals surface area (Å²) in [6, 6.07) is 16.1. The van der Waals surface area contributed by atoms with Gasteiger partial charge in [-0.2, -0.15) is 4.68 Å². The summed E-state index contributed by atoms with van der Waals surface area (Å²) in [7, 11) is 0. The minimum absolute atomic E-state index is 0.0283. The van der Waals surface area contributed by atoms with Gasteiger partial charge in [0.2, 0.25) is 0 Å². The summed E-state index contributed by atoms with van der Waals surface area (Å²) in [4.78, 5) is 25.3. The largest absolute Gasteiger partial charge is 0.329 e. The fourth-order valence-electron chi connectivity index (χ4n) is 4.29. The normalized spacial score (nSPS) is 12.1. The first-order chi connectivity index (χ1) is 16.6. The third kappa shape index (κ3) is 4.48. The van der Waals surface area contributed by atoms with Crippen molar-refractivity contribution in [1.29, 1.82) is 0 Å². The molecular formula is C26H30N6O2. The molecule has 0 aliphatic carbocycles. The number of carbonyl (C=O) groups is 1. The number of carbonyl (C=O) groups excluding carboxylic acids is 1. The number of tetrazole rings is 1. The van der Waals surface area contributed by atoms with Gasteiger partial charge in [-0.1, -0.05) is 62.7 Å². The Kier molecular flexibility index (Phi) is 7.15. The highest BCUT2D eigenvalue weighted by molar-refractivity contribution is 5.74. The van der Waals surface area contributed by atoms with Crippen LogP contribution in [0.25, 0.3) is 16.8 Å². The lowest BCUT2D eigenvalue weighted by Crippen LogP contribution is -2.28. The Morgan fingerprint density at radius 1 is 1.06 bits per heavy atom. The van der Waals surface area contributed by atoms with Crippen molar-refractivity contribution >= 4 is 6.29 Å². The molecule has 176 valence electrons. The Hall–Kier alpha value is -3.81. The second-order valence-electron chi connectivity index (χ2n) is 8.52. The zero-order valence-corrected chi connectivity index (χ0v) is 19.9. The van der Waals surface area contributed by atoms with Gasteiger partial charge in [-0.05, 0) is 53.8 Å². The van der Waals surface area contributed by atoms with Crippen LogP contribution in [-0.4, -0.2) is 35.6 Å². The van der Waals surface area contributed by atoms with Crippen molar-refractivity contribution in [2.75, 3.05) is 0 Å². The van der Waals surface area contributed by atoms with Crippen LogP contribution in [0.1, 0.15) is 67.8 Å². The Morgan fingerprint density at radius 3 is 2.47 bits per heavy atom. The lowest BCUT2D eigenvalue weighted by molar-refractivity contribution is 0.111. The quantitative estimate of drug-likeness (QED) is 0.327. The first-order valence-electron chi connectivity index (χ1n) is 11.8. The fraction of sp³-hybridized carbons (Fsp3) is 0.346. The summed E-state index contributed by atoms with van der Waals surface area (Å²) in [6.45, 7) is 6.55. The number of para-hydroxylation sites is 1. The van der Waals surface area contributed by atoms with Gasteiger partial charge in [-0.15, -0.1) is 5.10 Å². The molecule has 0 saturated heterocycles. The number of hydrogen-bond donors (Lipinski definition) is 0. The molecule has 0 fully saturated rings. The topological polar surface area (TPSA) is 87.6 Å². The minimum atomic E-state index is -0.115. The van der Waals surface area contributed by atoms with Gasteiger partial charge in [-0.3, -0.25) is 13.9 Å². The highest BCUT2D eigenvalue weighted by atomic mass is 16.2. The summed E-state index contributed by atoms with van der Waals surface area (Å²) in [5.41, 5.74) is 5.15. The second-order valence-corrected chi connectivity index (χ2v) is 8.52. The van der Waals surface area contributed by atoms with Gasteiger partial charge in [0.1, 0.15) is 12.0 Å². The molecule has 0 radical (unpaired) electrons. The van der Waals surface area contributed by atoms with Crippen LogP contribution in [0.15, 0.2) is 59.7 Å². The maximum absolute atomic E-state index is 13.3. The zero-order chi connectivity index (χ0) is 24.1. The van der Waals surface area contributed by atoms with E-state index in [1.54, 1.807) is 20.1 Å². The molecule has 8 heteroatoms. The van der Waals surface area contributed by atoms with Gasteiger partial charge in [0.25, 0.3) is 0 Å². The third-order valence-corrected chi connectivity index (χ3v) is 6.33. The fourth-order valence-corrected chi connectivity index (χ4v) is 4.29. The smallest absolute Gasteiger partial charge is 0.296 e. The standard InChI is InChI=1S/C26H30N6O2/c1-4-6-10-24-25(17-33)32(19(3)5-2)26(34)30(24)16-20-12-14-21(15-13-20)22-9-7-8-11-23(22)31-18-27-28-29-31/h7-9,11-15,17-19H,4-6,10,16H2,1-3H3. The molecule has 0 saturated carbocycles. The van der Waals surface area contributed by atoms with E-state index < -0.39 is 0 Å². The molecule has 8 nitrogen and oxygen atoms in total. The van der Waals surface area contributed by atoms with E-state index >= 15 is 0 Å². The van der Waals surface area contributed by atoms with Crippen molar-refractivity contribution in [2.45, 2.75) is 59.0 Å². The molecule has 2 heterocycles. The van der Waals surface area contributed by atoms with E-state index in [-0.39, 0.29) is 11.7 Å². The SMILES string of the molecule is CCCCc1c(C=O)n(C(C)CC)c(=O)n1Cc1ccc(-c2ccccc2-n2cnnn2)cc1. The van der Waals surface area contributed by atoms with Gasteiger partial charge in [0.05, 0.1) is 17.9 Å². The van der Waals surface area contributed by atoms with Crippen LogP contribution >= 0.6 is 0 Å².